The summed E-state index contributed by atoms with van der Waals surface area (Å²) in [6, 6.07) is 20.9. The van der Waals surface area contributed by atoms with Gasteiger partial charge in [0.1, 0.15) is 28.9 Å². The number of aryl methyl sites for hydroxylation is 3. The highest BCUT2D eigenvalue weighted by atomic mass is 19.4. The molecule has 5 aromatic carbocycles. The first-order valence-corrected chi connectivity index (χ1v) is 17.0. The van der Waals surface area contributed by atoms with Crippen LogP contribution in [-0.4, -0.2) is 32.3 Å². The molecule has 1 aromatic heterocycles. The van der Waals surface area contributed by atoms with Crippen LogP contribution < -0.4 is 11.5 Å². The second-order valence-electron chi connectivity index (χ2n) is 12.8. The van der Waals surface area contributed by atoms with Crippen molar-refractivity contribution in [1.82, 2.24) is 0 Å². The number of amidine groups is 2. The minimum atomic E-state index is -4.64. The van der Waals surface area contributed by atoms with Gasteiger partial charge in [-0.1, -0.05) is 54.0 Å². The van der Waals surface area contributed by atoms with Gasteiger partial charge in [0, 0.05) is 33.9 Å². The van der Waals surface area contributed by atoms with Crippen molar-refractivity contribution in [2.75, 3.05) is 0 Å². The molecule has 0 radical (unpaired) electrons. The zero-order chi connectivity index (χ0) is 40.9. The van der Waals surface area contributed by atoms with Crippen molar-refractivity contribution in [3.63, 3.8) is 0 Å². The maximum atomic E-state index is 13.9. The summed E-state index contributed by atoms with van der Waals surface area (Å²) in [6.45, 7) is 5.45. The topological polar surface area (TPSA) is 171 Å². The van der Waals surface area contributed by atoms with Gasteiger partial charge >= 0.3 is 6.18 Å². The van der Waals surface area contributed by atoms with Gasteiger partial charge in [-0.25, -0.2) is 8.78 Å². The Kier molecular flexibility index (Phi) is 12.0. The highest BCUT2D eigenvalue weighted by Crippen LogP contribution is 2.44. The van der Waals surface area contributed by atoms with E-state index in [-0.39, 0.29) is 34.0 Å². The molecule has 0 spiro atoms. The van der Waals surface area contributed by atoms with Crippen LogP contribution in [0.25, 0.3) is 44.5 Å². The highest BCUT2D eigenvalue weighted by Gasteiger charge is 2.34. The molecular formula is C42H37F5N4O5. The minimum Gasteiger partial charge on any atom is -0.508 e. The number of halogens is 5. The Morgan fingerprint density at radius 2 is 1.16 bits per heavy atom. The summed E-state index contributed by atoms with van der Waals surface area (Å²) in [5.41, 5.74) is 16.3. The third-order valence-electron chi connectivity index (χ3n) is 8.89. The average molecular weight is 773 g/mol. The van der Waals surface area contributed by atoms with Gasteiger partial charge in [0.15, 0.2) is 11.7 Å². The summed E-state index contributed by atoms with van der Waals surface area (Å²) < 4.78 is 73.9. The number of alkyl halides is 3. The molecule has 0 saturated heterocycles. The standard InChI is InChI=1S/C22H20F2N2O2.C20H17F3N2O3/c1-2-3-13-8-19(14-4-6-18(27)7-5-14)21(20(9-13)22(25)26-28)15-10-16(23)12-17(24)11-15;1-10-9-28-11(2)17(10)18-15(12-3-5-14(26)6-4-12)7-13(20(21,22)23)8-16(18)19(24)25-27/h4-12,27-28H,2-3H2,1H3,(H2,25,26);3-9,26-27H,1-2H3,(H2,24,25). The molecule has 0 unspecified atom stereocenters. The van der Waals surface area contributed by atoms with Crippen LogP contribution in [0.2, 0.25) is 0 Å². The van der Waals surface area contributed by atoms with Gasteiger partial charge in [0.05, 0.1) is 11.8 Å². The monoisotopic (exact) mass is 772 g/mol. The molecule has 0 atom stereocenters. The van der Waals surface area contributed by atoms with Gasteiger partial charge in [-0.3, -0.25) is 0 Å². The Labute approximate surface area is 318 Å². The average Bonchev–Trinajstić information content (AvgIpc) is 3.50. The molecule has 290 valence electrons. The lowest BCUT2D eigenvalue weighted by atomic mass is 9.86. The molecule has 0 fully saturated rings. The van der Waals surface area contributed by atoms with E-state index < -0.39 is 29.2 Å². The van der Waals surface area contributed by atoms with E-state index in [0.717, 1.165) is 42.2 Å². The SMILES string of the molecule is CCCc1cc(C(N)=NO)c(-c2cc(F)cc(F)c2)c(-c2ccc(O)cc2)c1.Cc1coc(C)c1-c1c(C(N)=NO)cc(C(F)(F)F)cc1-c1ccc(O)cc1. The summed E-state index contributed by atoms with van der Waals surface area (Å²) >= 11 is 0. The lowest BCUT2D eigenvalue weighted by Gasteiger charge is -2.19. The number of hydrogen-bond acceptors (Lipinski definition) is 7. The van der Waals surface area contributed by atoms with Crippen molar-refractivity contribution in [2.45, 2.75) is 39.8 Å². The van der Waals surface area contributed by atoms with Crippen molar-refractivity contribution in [3.8, 4) is 56.0 Å². The molecule has 6 aromatic rings. The number of hydrogen-bond donors (Lipinski definition) is 6. The number of phenols is 2. The van der Waals surface area contributed by atoms with E-state index in [1.54, 1.807) is 32.0 Å². The second kappa shape index (κ2) is 16.7. The van der Waals surface area contributed by atoms with E-state index in [9.17, 15) is 37.4 Å². The predicted octanol–water partition coefficient (Wildman–Crippen LogP) is 10.1. The number of nitrogens with two attached hydrogens (primary N) is 2. The van der Waals surface area contributed by atoms with Crippen molar-refractivity contribution in [2.24, 2.45) is 21.8 Å². The molecule has 0 bridgehead atoms. The van der Waals surface area contributed by atoms with E-state index >= 15 is 0 Å². The second-order valence-corrected chi connectivity index (χ2v) is 12.8. The molecular weight excluding hydrogens is 735 g/mol. The van der Waals surface area contributed by atoms with Crippen molar-refractivity contribution in [1.29, 1.82) is 0 Å². The Hall–Kier alpha value is -6.83. The summed E-state index contributed by atoms with van der Waals surface area (Å²) in [7, 11) is 0. The van der Waals surface area contributed by atoms with E-state index in [2.05, 4.69) is 10.3 Å². The normalized spacial score (nSPS) is 12.0. The molecule has 0 aliphatic heterocycles. The Morgan fingerprint density at radius 3 is 1.61 bits per heavy atom. The maximum Gasteiger partial charge on any atom is 0.416 e. The number of nitrogens with zero attached hydrogens (tertiary/aromatic N) is 2. The Morgan fingerprint density at radius 1 is 0.661 bits per heavy atom. The fourth-order valence-corrected chi connectivity index (χ4v) is 6.41. The number of benzene rings is 5. The molecule has 0 saturated carbocycles. The lowest BCUT2D eigenvalue weighted by Crippen LogP contribution is -2.17. The first-order valence-electron chi connectivity index (χ1n) is 17.0. The van der Waals surface area contributed by atoms with Gasteiger partial charge in [-0.05, 0) is 114 Å². The molecule has 0 aliphatic rings. The molecule has 1 heterocycles. The van der Waals surface area contributed by atoms with E-state index in [4.69, 9.17) is 21.1 Å². The molecule has 9 nitrogen and oxygen atoms in total. The lowest BCUT2D eigenvalue weighted by molar-refractivity contribution is -0.137. The third-order valence-corrected chi connectivity index (χ3v) is 8.89. The fourth-order valence-electron chi connectivity index (χ4n) is 6.41. The molecule has 6 rings (SSSR count). The summed E-state index contributed by atoms with van der Waals surface area (Å²) in [4.78, 5) is 0. The van der Waals surface area contributed by atoms with Gasteiger partial charge < -0.3 is 36.5 Å². The van der Waals surface area contributed by atoms with E-state index in [1.165, 1.54) is 54.8 Å². The van der Waals surface area contributed by atoms with E-state index in [0.29, 0.717) is 44.7 Å². The predicted molar refractivity (Wildman–Crippen MR) is 204 cm³/mol. The highest BCUT2D eigenvalue weighted by molar-refractivity contribution is 6.08. The Balaban J connectivity index is 0.000000214. The Bertz CT molecular complexity index is 2380. The minimum absolute atomic E-state index is 0.0235. The van der Waals surface area contributed by atoms with Gasteiger partial charge in [-0.2, -0.15) is 13.2 Å². The zero-order valence-corrected chi connectivity index (χ0v) is 30.3. The first kappa shape index (κ1) is 40.4. The first-order chi connectivity index (χ1) is 26.6. The molecule has 8 N–H and O–H groups in total. The zero-order valence-electron chi connectivity index (χ0n) is 30.3. The number of aromatic hydroxyl groups is 2. The van der Waals surface area contributed by atoms with Crippen LogP contribution in [0.1, 0.15) is 46.9 Å². The molecule has 0 aliphatic carbocycles. The van der Waals surface area contributed by atoms with Gasteiger partial charge in [-0.15, -0.1) is 0 Å². The molecule has 0 amide bonds. The van der Waals surface area contributed by atoms with Crippen LogP contribution in [0.4, 0.5) is 22.0 Å². The fraction of sp³-hybridized carbons (Fsp3) is 0.143. The third kappa shape index (κ3) is 8.75. The van der Waals surface area contributed by atoms with Crippen molar-refractivity contribution >= 4 is 11.7 Å². The quantitative estimate of drug-likeness (QED) is 0.0294. The van der Waals surface area contributed by atoms with Crippen LogP contribution in [0.15, 0.2) is 112 Å². The van der Waals surface area contributed by atoms with Crippen molar-refractivity contribution < 1.29 is 47.0 Å². The smallest absolute Gasteiger partial charge is 0.416 e. The van der Waals surface area contributed by atoms with Gasteiger partial charge in [0.2, 0.25) is 0 Å². The number of oxime groups is 2. The summed E-state index contributed by atoms with van der Waals surface area (Å²) in [6.07, 6.45) is -1.54. The number of furan rings is 1. The largest absolute Gasteiger partial charge is 0.508 e. The van der Waals surface area contributed by atoms with E-state index in [1.807, 2.05) is 13.0 Å². The summed E-state index contributed by atoms with van der Waals surface area (Å²) in [5.74, 6) is -1.51. The number of rotatable bonds is 8. The van der Waals surface area contributed by atoms with Gasteiger partial charge in [0.25, 0.3) is 0 Å². The van der Waals surface area contributed by atoms with Crippen LogP contribution in [0.5, 0.6) is 11.5 Å². The summed E-state index contributed by atoms with van der Waals surface area (Å²) in [5, 5.41) is 43.6. The maximum absolute atomic E-state index is 13.9. The molecule has 56 heavy (non-hydrogen) atoms. The van der Waals surface area contributed by atoms with Crippen LogP contribution >= 0.6 is 0 Å². The van der Waals surface area contributed by atoms with Crippen LogP contribution in [0.3, 0.4) is 0 Å². The van der Waals surface area contributed by atoms with Crippen LogP contribution in [-0.2, 0) is 12.6 Å². The molecule has 14 heteroatoms. The number of phenolic OH excluding ortho intramolecular Hbond substituents is 2. The van der Waals surface area contributed by atoms with Crippen LogP contribution in [0, 0.1) is 25.5 Å². The van der Waals surface area contributed by atoms with Crippen molar-refractivity contribution in [3.05, 3.63) is 142 Å².